The van der Waals surface area contributed by atoms with Crippen LogP contribution in [0.15, 0.2) is 41.2 Å². The van der Waals surface area contributed by atoms with E-state index in [-0.39, 0.29) is 82.0 Å². The second kappa shape index (κ2) is 41.6. The third-order valence-corrected chi connectivity index (χ3v) is 11.4. The number of nitrogens with two attached hydrogens (primary N) is 3. The Morgan fingerprint density at radius 1 is 0.960 bits per heavy atom. The van der Waals surface area contributed by atoms with Gasteiger partial charge in [-0.2, -0.15) is 0 Å². The van der Waals surface area contributed by atoms with E-state index in [2.05, 4.69) is 51.6 Å². The maximum atomic E-state index is 14.0. The fourth-order valence-corrected chi connectivity index (χ4v) is 7.04. The van der Waals surface area contributed by atoms with E-state index in [1.807, 2.05) is 26.1 Å². The Morgan fingerprint density at radius 3 is 2.05 bits per heavy atom. The zero-order valence-electron chi connectivity index (χ0n) is 43.5. The van der Waals surface area contributed by atoms with Gasteiger partial charge in [0.2, 0.25) is 24.6 Å². The van der Waals surface area contributed by atoms with Crippen molar-refractivity contribution in [3.05, 3.63) is 74.8 Å². The predicted octanol–water partition coefficient (Wildman–Crippen LogP) is 0.145. The number of aldehydes is 2. The predicted molar refractivity (Wildman–Crippen MR) is 278 cm³/mol. The number of primary amides is 3. The Morgan fingerprint density at radius 2 is 1.59 bits per heavy atom. The summed E-state index contributed by atoms with van der Waals surface area (Å²) in [5, 5.41) is 19.2. The Balaban J connectivity index is 0. The number of amides is 7. The van der Waals surface area contributed by atoms with Crippen LogP contribution in [0.1, 0.15) is 87.5 Å². The van der Waals surface area contributed by atoms with Gasteiger partial charge in [0.25, 0.3) is 17.4 Å². The number of halogens is 1. The molecule has 7 amide bonds. The van der Waals surface area contributed by atoms with E-state index in [4.69, 9.17) is 29.9 Å². The molecule has 5 rings (SSSR count). The summed E-state index contributed by atoms with van der Waals surface area (Å²) in [6, 6.07) is 7.72. The molecule has 0 saturated heterocycles. The van der Waals surface area contributed by atoms with Gasteiger partial charge >= 0.3 is 93.7 Å². The molecule has 0 fully saturated rings. The Bertz CT molecular complexity index is 2400. The second-order valence-corrected chi connectivity index (χ2v) is 17.6. The van der Waals surface area contributed by atoms with Crippen LogP contribution in [-0.4, -0.2) is 166 Å². The molecule has 11 N–H and O–H groups in total. The van der Waals surface area contributed by atoms with Crippen LogP contribution in [0.25, 0.3) is 22.3 Å². The van der Waals surface area contributed by atoms with E-state index in [9.17, 15) is 47.5 Å². The number of fused-ring (bicyclic) bond motifs is 4. The number of nitrogens with one attached hydrogen (secondary N) is 4. The van der Waals surface area contributed by atoms with Crippen LogP contribution in [-0.2, 0) is 70.6 Å². The zero-order valence-corrected chi connectivity index (χ0v) is 47.4. The molecule has 4 heterocycles. The first kappa shape index (κ1) is 70.4. The molecule has 1 aromatic carbocycles. The average molecular weight is 1250 g/mol. The summed E-state index contributed by atoms with van der Waals surface area (Å²) >= 11 is 1.14. The summed E-state index contributed by atoms with van der Waals surface area (Å²) in [6.45, 7) is 8.55. The number of carboxylic acid groups (broad SMARTS) is 1. The number of likely N-dealkylation sites (N-methyl/N-ethyl adjacent to an activating group) is 1. The van der Waals surface area contributed by atoms with Gasteiger partial charge in [-0.3, -0.25) is 43.3 Å². The van der Waals surface area contributed by atoms with Gasteiger partial charge in [-0.05, 0) is 70.1 Å². The Labute approximate surface area is 451 Å². The number of hydrogen-bond donors (Lipinski definition) is 8. The number of methoxy groups -OCH3 is 1. The molecule has 2 unspecified atom stereocenters. The van der Waals surface area contributed by atoms with E-state index in [0.717, 1.165) is 70.5 Å². The summed E-state index contributed by atoms with van der Waals surface area (Å²) in [5.74, 6) is -3.59. The maximum absolute atomic E-state index is 14.0. The number of nitrogens with zero attached hydrogens (tertiary/aromatic N) is 3. The molecule has 2 atom stereocenters. The first-order valence-electron chi connectivity index (χ1n) is 23.4. The molecule has 0 spiro atoms. The molecule has 24 nitrogen and oxygen atoms in total. The molecule has 2 aliphatic heterocycles. The molecule has 2 aliphatic rings. The number of aliphatic carboxylic acids is 1. The number of carbonyl (C=O) groups excluding carboxylic acids is 9. The van der Waals surface area contributed by atoms with Gasteiger partial charge in [0.15, 0.2) is 0 Å². The first-order valence-corrected chi connectivity index (χ1v) is 26.1. The van der Waals surface area contributed by atoms with Crippen LogP contribution < -0.4 is 44.0 Å². The van der Waals surface area contributed by atoms with Crippen molar-refractivity contribution in [1.82, 2.24) is 35.7 Å². The summed E-state index contributed by atoms with van der Waals surface area (Å²) in [7, 11) is 5.12. The molecule has 26 heteroatoms. The van der Waals surface area contributed by atoms with Gasteiger partial charge in [-0.1, -0.05) is 20.3 Å². The molecular weight excluding hydrogens is 1180 g/mol. The standard InChI is InChI=1S/C22H21FN2O3.C9H11N3O4.C7H12NO3.C6H15N.C3H7NO2.2CH3NO.Pb/c1-4-13(10-26)16-7-20-21-15(9-25(20)22(27)17(16)11-28-3)6-14-5-12(2)18(23)8-19(14)24-21;10-6(13)3-4-11-7(14)5-12-8(15)1-2-9(12)16;1-2-3-7(10)8-6-11-5-4-9;1-4-5-6(2)7-3;1-4-2-3(5)6;2*2-1-3;/h5-8,10,13H,4,9,11H2,1-3H3;1-2H,3-5H2,(H2,10,13)(H,11,14);4H,1-3,5-6H2,(H,8,10);6-7H,4-5H2,1-3H3;4H,2H2,1H3,(H,5,6);2*1H,(H2,2,3);. The van der Waals surface area contributed by atoms with Crippen LogP contribution in [0.4, 0.5) is 4.39 Å². The van der Waals surface area contributed by atoms with Crippen molar-refractivity contribution in [1.29, 1.82) is 0 Å². The van der Waals surface area contributed by atoms with Gasteiger partial charge in [0.05, 0.1) is 36.6 Å². The van der Waals surface area contributed by atoms with E-state index in [1.165, 1.54) is 26.0 Å². The third-order valence-electron chi connectivity index (χ3n) is 10.0. The van der Waals surface area contributed by atoms with Crippen molar-refractivity contribution in [2.75, 3.05) is 54.2 Å². The SMILES string of the molecule is CCC(C=O)c1cc2n(c(=O)c1COC)Cc1cc3cc(C)c(F)cc3nc1-2.CCCC(C)NC.CNCC(=O)O.NC(=O)CCNC(=O)CN1C(=O)C=CC1=O.NC=O.NC=O.O=CCOCNC(=O)CC[CH2][Pb]. The topological polar surface area (TPSA) is 374 Å². The van der Waals surface area contributed by atoms with Crippen molar-refractivity contribution in [3.8, 4) is 11.4 Å². The molecule has 0 saturated carbocycles. The number of carboxylic acids is 1. The zero-order chi connectivity index (χ0) is 57.5. The summed E-state index contributed by atoms with van der Waals surface area (Å²) in [5.41, 5.74) is 17.6. The number of carbonyl (C=O) groups is 10. The monoisotopic (exact) mass is 1250 g/mol. The van der Waals surface area contributed by atoms with Crippen LogP contribution in [0.3, 0.4) is 0 Å². The number of imide groups is 1. The molecule has 413 valence electrons. The first-order chi connectivity index (χ1) is 35.7. The van der Waals surface area contributed by atoms with Crippen LogP contribution in [0.5, 0.6) is 0 Å². The summed E-state index contributed by atoms with van der Waals surface area (Å²) in [6.07, 6.45) is 8.91. The molecular formula is C49H72FN10O14Pb. The molecule has 75 heavy (non-hydrogen) atoms. The number of aryl methyl sites for hydroxylation is 1. The molecule has 3 aromatic rings. The minimum absolute atomic E-state index is 0.00301. The average Bonchev–Trinajstić information content (AvgIpc) is 3.88. The quantitative estimate of drug-likeness (QED) is 0.0171. The number of hydrogen-bond acceptors (Lipinski definition) is 16. The minimum atomic E-state index is -0.822. The Kier molecular flexibility index (Phi) is 39.1. The number of pyridine rings is 2. The molecule has 0 aliphatic carbocycles. The van der Waals surface area contributed by atoms with Gasteiger partial charge in [0, 0.05) is 66.8 Å². The van der Waals surface area contributed by atoms with Crippen LogP contribution in [0.2, 0.25) is 3.98 Å². The number of aromatic nitrogens is 2. The van der Waals surface area contributed by atoms with Crippen LogP contribution >= 0.6 is 0 Å². The van der Waals surface area contributed by atoms with Gasteiger partial charge in [-0.25, -0.2) is 9.37 Å². The fraction of sp³-hybridized carbons (Fsp3) is 0.469. The van der Waals surface area contributed by atoms with E-state index in [0.29, 0.717) is 65.3 Å². The second-order valence-electron chi connectivity index (χ2n) is 15.7. The van der Waals surface area contributed by atoms with E-state index >= 15 is 0 Å². The number of rotatable bonds is 22. The number of ether oxygens (including phenoxy) is 2. The van der Waals surface area contributed by atoms with Gasteiger partial charge in [-0.15, -0.1) is 0 Å². The van der Waals surface area contributed by atoms with Crippen molar-refractivity contribution in [2.24, 2.45) is 17.2 Å². The van der Waals surface area contributed by atoms with E-state index in [1.54, 1.807) is 24.6 Å². The molecule has 0 bridgehead atoms. The van der Waals surface area contributed by atoms with Crippen molar-refractivity contribution in [3.63, 3.8) is 0 Å². The van der Waals surface area contributed by atoms with Gasteiger partial charge in [0.1, 0.15) is 18.6 Å². The molecule has 3 radical (unpaired) electrons. The van der Waals surface area contributed by atoms with Gasteiger partial charge < -0.3 is 52.4 Å². The molecule has 2 aromatic heterocycles. The van der Waals surface area contributed by atoms with Crippen molar-refractivity contribution < 1.29 is 66.9 Å². The van der Waals surface area contributed by atoms with Crippen LogP contribution in [0, 0.1) is 12.7 Å². The van der Waals surface area contributed by atoms with E-state index < -0.39 is 29.6 Å². The number of benzene rings is 1. The van der Waals surface area contributed by atoms with Crippen molar-refractivity contribution >= 4 is 97.6 Å². The normalized spacial score (nSPS) is 11.9. The summed E-state index contributed by atoms with van der Waals surface area (Å²) < 4.78 is 26.8. The fourth-order valence-electron chi connectivity index (χ4n) is 6.35. The van der Waals surface area contributed by atoms with Crippen molar-refractivity contribution in [2.45, 2.75) is 95.3 Å². The summed E-state index contributed by atoms with van der Waals surface area (Å²) in [4.78, 5) is 121. The Hall–Kier alpha value is -6.69. The third kappa shape index (κ3) is 28.0.